The van der Waals surface area contributed by atoms with E-state index in [4.69, 9.17) is 29.4 Å². The average molecular weight is 960 g/mol. The number of carbonyl (C=O) groups excluding carboxylic acids is 1. The van der Waals surface area contributed by atoms with Crippen LogP contribution < -0.4 is 5.73 Å². The van der Waals surface area contributed by atoms with Crippen LogP contribution in [0, 0.1) is 0 Å². The minimum Gasteiger partial charge on any atom is -0.480 e. The molecule has 0 spiro atoms. The van der Waals surface area contributed by atoms with E-state index in [-0.39, 0.29) is 13.0 Å². The normalized spacial score (nSPS) is 13.5. The summed E-state index contributed by atoms with van der Waals surface area (Å²) in [5.74, 6) is -1.76. The molecule has 0 aromatic heterocycles. The fourth-order valence-electron chi connectivity index (χ4n) is 8.73. The van der Waals surface area contributed by atoms with Gasteiger partial charge in [0.2, 0.25) is 0 Å². The summed E-state index contributed by atoms with van der Waals surface area (Å²) in [6.45, 7) is 3.96. The zero-order valence-electron chi connectivity index (χ0n) is 43.6. The average Bonchev–Trinajstić information content (AvgIpc) is 3.30. The van der Waals surface area contributed by atoms with Crippen molar-refractivity contribution in [2.75, 3.05) is 26.4 Å². The van der Waals surface area contributed by atoms with Gasteiger partial charge in [0.25, 0.3) is 0 Å². The standard InChI is InChI=1S/C55H110NO9P/c1-3-5-7-9-11-13-15-17-19-20-21-22-23-24-25-26-27-28-29-30-31-32-33-34-35-37-39-41-43-45-47-54(57)65-52(50-63-66(60,61)64-51-53(56)55(58)59)49-62-48-46-44-42-40-38-36-18-16-14-12-10-8-6-4-2/h52-53H,3-51,56H2,1-2H3,(H,58,59)(H,60,61)/t52-,53+/m1/s1. The summed E-state index contributed by atoms with van der Waals surface area (Å²) in [6.07, 6.45) is 57.6. The van der Waals surface area contributed by atoms with Crippen molar-refractivity contribution >= 4 is 19.8 Å². The fraction of sp³-hybridized carbons (Fsp3) is 0.964. The summed E-state index contributed by atoms with van der Waals surface area (Å²) in [6, 6.07) is -1.47. The van der Waals surface area contributed by atoms with Gasteiger partial charge in [0.15, 0.2) is 0 Å². The highest BCUT2D eigenvalue weighted by Crippen LogP contribution is 2.43. The number of hydrogen-bond acceptors (Lipinski definition) is 8. The quantitative estimate of drug-likeness (QED) is 0.0305. The van der Waals surface area contributed by atoms with Gasteiger partial charge in [-0.15, -0.1) is 0 Å². The molecule has 1 unspecified atom stereocenters. The Labute approximate surface area is 408 Å². The zero-order chi connectivity index (χ0) is 48.3. The largest absolute Gasteiger partial charge is 0.480 e. The third kappa shape index (κ3) is 50.8. The van der Waals surface area contributed by atoms with Gasteiger partial charge in [-0.05, 0) is 12.8 Å². The van der Waals surface area contributed by atoms with Crippen molar-refractivity contribution in [3.8, 4) is 0 Å². The van der Waals surface area contributed by atoms with E-state index in [9.17, 15) is 19.0 Å². The van der Waals surface area contributed by atoms with E-state index in [0.717, 1.165) is 38.5 Å². The number of aliphatic carboxylic acids is 1. The Kier molecular flexibility index (Phi) is 51.0. The first-order chi connectivity index (χ1) is 32.2. The molecule has 0 aliphatic carbocycles. The summed E-state index contributed by atoms with van der Waals surface area (Å²) >= 11 is 0. The topological polar surface area (TPSA) is 155 Å². The van der Waals surface area contributed by atoms with Crippen molar-refractivity contribution in [1.82, 2.24) is 0 Å². The van der Waals surface area contributed by atoms with Crippen LogP contribution in [0.1, 0.15) is 303 Å². The predicted octanol–water partition coefficient (Wildman–Crippen LogP) is 17.1. The van der Waals surface area contributed by atoms with E-state index in [1.807, 2.05) is 0 Å². The minimum atomic E-state index is -4.61. The number of carbonyl (C=O) groups is 2. The van der Waals surface area contributed by atoms with Crippen LogP contribution in [-0.4, -0.2) is 60.5 Å². The van der Waals surface area contributed by atoms with Crippen LogP contribution in [0.4, 0.5) is 0 Å². The molecule has 4 N–H and O–H groups in total. The molecule has 11 heteroatoms. The Morgan fingerprint density at radius 1 is 0.424 bits per heavy atom. The molecule has 0 radical (unpaired) electrons. The highest BCUT2D eigenvalue weighted by atomic mass is 31.2. The third-order valence-electron chi connectivity index (χ3n) is 13.1. The number of ether oxygens (including phenoxy) is 2. The first-order valence-corrected chi connectivity index (χ1v) is 30.1. The van der Waals surface area contributed by atoms with Gasteiger partial charge < -0.3 is 25.2 Å². The molecule has 3 atom stereocenters. The van der Waals surface area contributed by atoms with Crippen molar-refractivity contribution in [2.45, 2.75) is 315 Å². The van der Waals surface area contributed by atoms with E-state index < -0.39 is 45.1 Å². The van der Waals surface area contributed by atoms with Gasteiger partial charge >= 0.3 is 19.8 Å². The Balaban J connectivity index is 3.90. The summed E-state index contributed by atoms with van der Waals surface area (Å²) in [5.41, 5.74) is 5.38. The van der Waals surface area contributed by atoms with Crippen molar-refractivity contribution in [3.05, 3.63) is 0 Å². The number of carboxylic acids is 1. The Bertz CT molecular complexity index is 1070. The molecule has 0 saturated heterocycles. The van der Waals surface area contributed by atoms with E-state index >= 15 is 0 Å². The van der Waals surface area contributed by atoms with Crippen molar-refractivity contribution in [3.63, 3.8) is 0 Å². The lowest BCUT2D eigenvalue weighted by atomic mass is 10.0. The number of rotatable bonds is 56. The highest BCUT2D eigenvalue weighted by Gasteiger charge is 2.27. The summed E-state index contributed by atoms with van der Waals surface area (Å²) in [5, 5.41) is 8.93. The van der Waals surface area contributed by atoms with E-state index in [1.54, 1.807) is 0 Å². The second-order valence-corrected chi connectivity index (χ2v) is 21.2. The summed E-state index contributed by atoms with van der Waals surface area (Å²) < 4.78 is 33.5. The summed E-state index contributed by atoms with van der Waals surface area (Å²) in [4.78, 5) is 33.7. The van der Waals surface area contributed by atoms with Crippen molar-refractivity contribution in [1.29, 1.82) is 0 Å². The fourth-order valence-corrected chi connectivity index (χ4v) is 9.51. The highest BCUT2D eigenvalue weighted by molar-refractivity contribution is 7.47. The number of phosphoric acid groups is 1. The predicted molar refractivity (Wildman–Crippen MR) is 277 cm³/mol. The maximum absolute atomic E-state index is 12.7. The van der Waals surface area contributed by atoms with Gasteiger partial charge in [0.05, 0.1) is 19.8 Å². The van der Waals surface area contributed by atoms with Crippen LogP contribution in [-0.2, 0) is 32.7 Å². The Morgan fingerprint density at radius 3 is 1.00 bits per heavy atom. The molecule has 66 heavy (non-hydrogen) atoms. The van der Waals surface area contributed by atoms with Crippen LogP contribution in [0.5, 0.6) is 0 Å². The number of hydrogen-bond donors (Lipinski definition) is 3. The molecule has 0 amide bonds. The number of unbranched alkanes of at least 4 members (excludes halogenated alkanes) is 42. The molecule has 10 nitrogen and oxygen atoms in total. The van der Waals surface area contributed by atoms with E-state index in [0.29, 0.717) is 6.61 Å². The number of phosphoric ester groups is 1. The molecular weight excluding hydrogens is 850 g/mol. The van der Waals surface area contributed by atoms with Crippen molar-refractivity contribution in [2.24, 2.45) is 5.73 Å². The number of nitrogens with two attached hydrogens (primary N) is 1. The lowest BCUT2D eigenvalue weighted by molar-refractivity contribution is -0.154. The molecule has 0 aromatic carbocycles. The molecule has 0 heterocycles. The molecule has 0 aromatic rings. The SMILES string of the molecule is CCCCCCCCCCCCCCCCCCCCCCCCCCCCCCCCC(=O)O[C@H](COCCCCCCCCCCCCCCCC)COP(=O)(O)OC[C@H](N)C(=O)O. The second-order valence-electron chi connectivity index (χ2n) is 19.8. The molecule has 0 fully saturated rings. The molecule has 0 rings (SSSR count). The minimum absolute atomic E-state index is 0.0262. The van der Waals surface area contributed by atoms with E-state index in [1.165, 1.54) is 244 Å². The lowest BCUT2D eigenvalue weighted by Crippen LogP contribution is -2.34. The summed E-state index contributed by atoms with van der Waals surface area (Å²) in [7, 11) is -4.61. The Morgan fingerprint density at radius 2 is 0.697 bits per heavy atom. The maximum Gasteiger partial charge on any atom is 0.472 e. The molecule has 0 aliphatic heterocycles. The van der Waals surface area contributed by atoms with Crippen LogP contribution in [0.3, 0.4) is 0 Å². The first-order valence-electron chi connectivity index (χ1n) is 28.6. The molecule has 0 aliphatic rings. The van der Waals surface area contributed by atoms with Gasteiger partial charge in [-0.1, -0.05) is 284 Å². The second kappa shape index (κ2) is 51.8. The van der Waals surface area contributed by atoms with Crippen LogP contribution in [0.25, 0.3) is 0 Å². The molecule has 0 bridgehead atoms. The molecule has 394 valence electrons. The smallest absolute Gasteiger partial charge is 0.472 e. The molecule has 0 saturated carbocycles. The number of esters is 1. The van der Waals surface area contributed by atoms with Gasteiger partial charge in [-0.2, -0.15) is 0 Å². The van der Waals surface area contributed by atoms with Crippen molar-refractivity contribution < 1.29 is 42.7 Å². The lowest BCUT2D eigenvalue weighted by Gasteiger charge is -2.20. The zero-order valence-corrected chi connectivity index (χ0v) is 44.5. The number of carboxylic acid groups (broad SMARTS) is 1. The van der Waals surface area contributed by atoms with Gasteiger partial charge in [-0.25, -0.2) is 4.57 Å². The van der Waals surface area contributed by atoms with Gasteiger partial charge in [0, 0.05) is 13.0 Å². The van der Waals surface area contributed by atoms with Crippen LogP contribution >= 0.6 is 7.82 Å². The molecular formula is C55H110NO9P. The third-order valence-corrected chi connectivity index (χ3v) is 14.1. The maximum atomic E-state index is 12.7. The first kappa shape index (κ1) is 65.0. The van der Waals surface area contributed by atoms with Crippen LogP contribution in [0.15, 0.2) is 0 Å². The van der Waals surface area contributed by atoms with E-state index in [2.05, 4.69) is 13.8 Å². The monoisotopic (exact) mass is 960 g/mol. The van der Waals surface area contributed by atoms with Gasteiger partial charge in [-0.3, -0.25) is 18.6 Å². The van der Waals surface area contributed by atoms with Gasteiger partial charge in [0.1, 0.15) is 12.1 Å². The van der Waals surface area contributed by atoms with Crippen LogP contribution in [0.2, 0.25) is 0 Å². The Hall–Kier alpha value is -1.03.